The van der Waals surface area contributed by atoms with Crippen LogP contribution in [0.2, 0.25) is 0 Å². The van der Waals surface area contributed by atoms with E-state index in [0.717, 1.165) is 5.75 Å². The van der Waals surface area contributed by atoms with Crippen molar-refractivity contribution in [1.82, 2.24) is 5.43 Å². The molecule has 0 radical (unpaired) electrons. The van der Waals surface area contributed by atoms with E-state index in [9.17, 15) is 0 Å². The number of benzene rings is 1. The second kappa shape index (κ2) is 6.15. The third-order valence-corrected chi connectivity index (χ3v) is 4.51. The standard InChI is InChI=1S/C17H28N2O/c1-12(2)20-14-8-5-7-13(11-14)16(19-18)15-9-6-10-17(15,3)4/h5,7-8,11-12,15-16,19H,6,9-10,18H2,1-4H3. The molecule has 1 aromatic carbocycles. The Kier molecular flexibility index (Phi) is 4.71. The number of hydrogen-bond donors (Lipinski definition) is 2. The molecule has 2 atom stereocenters. The molecule has 2 unspecified atom stereocenters. The van der Waals surface area contributed by atoms with Gasteiger partial charge >= 0.3 is 0 Å². The molecule has 0 heterocycles. The first-order valence-electron chi connectivity index (χ1n) is 7.67. The third-order valence-electron chi connectivity index (χ3n) is 4.51. The number of nitrogens with two attached hydrogens (primary N) is 1. The van der Waals surface area contributed by atoms with Crippen LogP contribution in [0.15, 0.2) is 24.3 Å². The van der Waals surface area contributed by atoms with Crippen LogP contribution in [-0.4, -0.2) is 6.10 Å². The molecule has 1 aliphatic rings. The van der Waals surface area contributed by atoms with E-state index < -0.39 is 0 Å². The SMILES string of the molecule is CC(C)Oc1cccc(C(NN)C2CCCC2(C)C)c1. The van der Waals surface area contributed by atoms with E-state index in [-0.39, 0.29) is 12.1 Å². The van der Waals surface area contributed by atoms with Crippen molar-refractivity contribution < 1.29 is 4.74 Å². The van der Waals surface area contributed by atoms with Gasteiger partial charge in [0, 0.05) is 6.04 Å². The second-order valence-corrected chi connectivity index (χ2v) is 6.87. The molecule has 3 heteroatoms. The van der Waals surface area contributed by atoms with E-state index in [1.165, 1.54) is 24.8 Å². The molecule has 0 bridgehead atoms. The van der Waals surface area contributed by atoms with Crippen molar-refractivity contribution in [3.63, 3.8) is 0 Å². The molecule has 0 saturated heterocycles. The Morgan fingerprint density at radius 3 is 2.65 bits per heavy atom. The Morgan fingerprint density at radius 1 is 1.35 bits per heavy atom. The van der Waals surface area contributed by atoms with Crippen LogP contribution in [0.5, 0.6) is 5.75 Å². The fraction of sp³-hybridized carbons (Fsp3) is 0.647. The predicted molar refractivity (Wildman–Crippen MR) is 83.4 cm³/mol. The number of hydrogen-bond acceptors (Lipinski definition) is 3. The van der Waals surface area contributed by atoms with Gasteiger partial charge in [-0.1, -0.05) is 32.4 Å². The maximum absolute atomic E-state index is 5.87. The highest BCUT2D eigenvalue weighted by Gasteiger charge is 2.39. The summed E-state index contributed by atoms with van der Waals surface area (Å²) >= 11 is 0. The molecule has 112 valence electrons. The van der Waals surface area contributed by atoms with Gasteiger partial charge in [0.15, 0.2) is 0 Å². The van der Waals surface area contributed by atoms with Crippen molar-refractivity contribution in [2.24, 2.45) is 17.2 Å². The van der Waals surface area contributed by atoms with Crippen molar-refractivity contribution in [3.8, 4) is 5.75 Å². The van der Waals surface area contributed by atoms with Crippen molar-refractivity contribution in [3.05, 3.63) is 29.8 Å². The molecule has 1 aliphatic carbocycles. The first-order valence-corrected chi connectivity index (χ1v) is 7.67. The van der Waals surface area contributed by atoms with Crippen LogP contribution in [0, 0.1) is 11.3 Å². The van der Waals surface area contributed by atoms with Gasteiger partial charge < -0.3 is 4.74 Å². The van der Waals surface area contributed by atoms with Gasteiger partial charge in [0.25, 0.3) is 0 Å². The van der Waals surface area contributed by atoms with Gasteiger partial charge in [-0.25, -0.2) is 0 Å². The first-order chi connectivity index (χ1) is 9.44. The Bertz CT molecular complexity index is 442. The molecule has 20 heavy (non-hydrogen) atoms. The van der Waals surface area contributed by atoms with Crippen LogP contribution in [0.1, 0.15) is 58.6 Å². The van der Waals surface area contributed by atoms with Gasteiger partial charge in [0.2, 0.25) is 0 Å². The lowest BCUT2D eigenvalue weighted by atomic mass is 9.75. The van der Waals surface area contributed by atoms with Crippen LogP contribution in [0.4, 0.5) is 0 Å². The molecule has 2 rings (SSSR count). The zero-order valence-corrected chi connectivity index (χ0v) is 13.1. The molecule has 0 aromatic heterocycles. The van der Waals surface area contributed by atoms with Gasteiger partial charge in [-0.15, -0.1) is 0 Å². The summed E-state index contributed by atoms with van der Waals surface area (Å²) in [6, 6.07) is 8.53. The molecule has 1 fully saturated rings. The average molecular weight is 276 g/mol. The smallest absolute Gasteiger partial charge is 0.120 e. The molecular weight excluding hydrogens is 248 g/mol. The van der Waals surface area contributed by atoms with E-state index in [0.29, 0.717) is 11.3 Å². The van der Waals surface area contributed by atoms with E-state index in [1.54, 1.807) is 0 Å². The summed E-state index contributed by atoms with van der Waals surface area (Å²) < 4.78 is 5.80. The molecular formula is C17H28N2O. The lowest BCUT2D eigenvalue weighted by Crippen LogP contribution is -2.37. The van der Waals surface area contributed by atoms with Crippen molar-refractivity contribution in [1.29, 1.82) is 0 Å². The molecule has 0 amide bonds. The van der Waals surface area contributed by atoms with Crippen LogP contribution in [0.25, 0.3) is 0 Å². The van der Waals surface area contributed by atoms with Gasteiger partial charge in [0.1, 0.15) is 5.75 Å². The summed E-state index contributed by atoms with van der Waals surface area (Å²) in [4.78, 5) is 0. The number of nitrogens with one attached hydrogen (secondary N) is 1. The molecule has 1 aromatic rings. The van der Waals surface area contributed by atoms with Crippen LogP contribution < -0.4 is 16.0 Å². The van der Waals surface area contributed by atoms with Crippen molar-refractivity contribution >= 4 is 0 Å². The predicted octanol–water partition coefficient (Wildman–Crippen LogP) is 3.80. The zero-order chi connectivity index (χ0) is 14.8. The Balaban J connectivity index is 2.23. The lowest BCUT2D eigenvalue weighted by Gasteiger charge is -2.34. The van der Waals surface area contributed by atoms with Gasteiger partial charge in [0.05, 0.1) is 6.10 Å². The topological polar surface area (TPSA) is 47.3 Å². The molecule has 1 saturated carbocycles. The van der Waals surface area contributed by atoms with E-state index in [4.69, 9.17) is 10.6 Å². The van der Waals surface area contributed by atoms with E-state index >= 15 is 0 Å². The van der Waals surface area contributed by atoms with Crippen LogP contribution in [0.3, 0.4) is 0 Å². The summed E-state index contributed by atoms with van der Waals surface area (Å²) in [5.74, 6) is 7.36. The van der Waals surface area contributed by atoms with Gasteiger partial charge in [-0.2, -0.15) is 0 Å². The molecule has 0 spiro atoms. The third kappa shape index (κ3) is 3.33. The monoisotopic (exact) mass is 276 g/mol. The zero-order valence-electron chi connectivity index (χ0n) is 13.1. The first kappa shape index (κ1) is 15.3. The molecule has 3 nitrogen and oxygen atoms in total. The largest absolute Gasteiger partial charge is 0.491 e. The summed E-state index contributed by atoms with van der Waals surface area (Å²) in [6.45, 7) is 8.80. The Hall–Kier alpha value is -1.06. The summed E-state index contributed by atoms with van der Waals surface area (Å²) in [5, 5.41) is 0. The average Bonchev–Trinajstić information content (AvgIpc) is 2.70. The normalized spacial score (nSPS) is 23.0. The molecule has 0 aliphatic heterocycles. The Labute approximate surface area is 122 Å². The molecule has 3 N–H and O–H groups in total. The van der Waals surface area contributed by atoms with Crippen molar-refractivity contribution in [2.45, 2.75) is 59.1 Å². The van der Waals surface area contributed by atoms with Crippen LogP contribution in [-0.2, 0) is 0 Å². The quantitative estimate of drug-likeness (QED) is 0.635. The maximum atomic E-state index is 5.87. The highest BCUT2D eigenvalue weighted by Crippen LogP contribution is 2.48. The Morgan fingerprint density at radius 2 is 2.10 bits per heavy atom. The maximum Gasteiger partial charge on any atom is 0.120 e. The summed E-state index contributed by atoms with van der Waals surface area (Å²) in [6.07, 6.45) is 3.99. The van der Waals surface area contributed by atoms with Crippen molar-refractivity contribution in [2.75, 3.05) is 0 Å². The summed E-state index contributed by atoms with van der Waals surface area (Å²) in [5.41, 5.74) is 4.61. The van der Waals surface area contributed by atoms with Gasteiger partial charge in [-0.3, -0.25) is 11.3 Å². The minimum absolute atomic E-state index is 0.192. The highest BCUT2D eigenvalue weighted by atomic mass is 16.5. The number of rotatable bonds is 5. The van der Waals surface area contributed by atoms with E-state index in [1.807, 2.05) is 19.9 Å². The fourth-order valence-corrected chi connectivity index (χ4v) is 3.47. The summed E-state index contributed by atoms with van der Waals surface area (Å²) in [7, 11) is 0. The second-order valence-electron chi connectivity index (χ2n) is 6.87. The number of ether oxygens (including phenoxy) is 1. The van der Waals surface area contributed by atoms with Gasteiger partial charge in [-0.05, 0) is 55.7 Å². The lowest BCUT2D eigenvalue weighted by molar-refractivity contribution is 0.197. The highest BCUT2D eigenvalue weighted by molar-refractivity contribution is 5.31. The van der Waals surface area contributed by atoms with E-state index in [2.05, 4.69) is 37.5 Å². The van der Waals surface area contributed by atoms with Crippen LogP contribution >= 0.6 is 0 Å². The minimum Gasteiger partial charge on any atom is -0.491 e. The fourth-order valence-electron chi connectivity index (χ4n) is 3.47. The minimum atomic E-state index is 0.192. The number of hydrazine groups is 1.